The van der Waals surface area contributed by atoms with Crippen molar-refractivity contribution in [1.82, 2.24) is 0 Å². The first kappa shape index (κ1) is 16.2. The molecule has 0 radical (unpaired) electrons. The van der Waals surface area contributed by atoms with Crippen molar-refractivity contribution in [2.75, 3.05) is 0 Å². The van der Waals surface area contributed by atoms with Gasteiger partial charge in [0.05, 0.1) is 0 Å². The van der Waals surface area contributed by atoms with Gasteiger partial charge >= 0.3 is 19.5 Å². The molecule has 0 saturated heterocycles. The number of hydrogen-bond donors (Lipinski definition) is 0. The van der Waals surface area contributed by atoms with Crippen LogP contribution in [0.3, 0.4) is 0 Å². The number of carbonyl (C=O) groups is 2. The molecule has 0 aliphatic carbocycles. The summed E-state index contributed by atoms with van der Waals surface area (Å²) in [6.07, 6.45) is 0. The molecule has 0 heterocycles. The maximum atomic E-state index is 9.26. The fourth-order valence-electron chi connectivity index (χ4n) is 0. The molecule has 48 valence electrons. The Bertz CT molecular complexity index is 74.6. The summed E-state index contributed by atoms with van der Waals surface area (Å²) in [5.41, 5.74) is 0. The standard InChI is InChI=1S/2C2H4OS.Zn/c2*1-2(3)4;/h2*1H3,(H,3,4);/q;;+2/p-2. The number of rotatable bonds is 0. The van der Waals surface area contributed by atoms with E-state index < -0.39 is 0 Å². The summed E-state index contributed by atoms with van der Waals surface area (Å²) in [4.78, 5) is 18.5. The topological polar surface area (TPSA) is 34.1 Å². The van der Waals surface area contributed by atoms with Crippen LogP contribution >= 0.6 is 0 Å². The summed E-state index contributed by atoms with van der Waals surface area (Å²) < 4.78 is 0. The molecular formula is C4H6O2S2Zn. The molecule has 0 bridgehead atoms. The Morgan fingerprint density at radius 1 is 1.00 bits per heavy atom. The van der Waals surface area contributed by atoms with E-state index in [1.165, 1.54) is 13.8 Å². The maximum Gasteiger partial charge on any atom is 2.00 e. The Balaban J connectivity index is -0.0000000720. The van der Waals surface area contributed by atoms with Gasteiger partial charge in [-0.1, -0.05) is 0 Å². The third-order valence-electron chi connectivity index (χ3n) is 0. The van der Waals surface area contributed by atoms with Crippen LogP contribution in [0.25, 0.3) is 0 Å². The monoisotopic (exact) mass is 214 g/mol. The average molecular weight is 216 g/mol. The van der Waals surface area contributed by atoms with Crippen LogP contribution in [0.15, 0.2) is 0 Å². The van der Waals surface area contributed by atoms with Crippen LogP contribution in [0.5, 0.6) is 0 Å². The molecule has 0 aromatic heterocycles. The molecule has 0 N–H and O–H groups in total. The molecule has 0 unspecified atom stereocenters. The Labute approximate surface area is 78.4 Å². The summed E-state index contributed by atoms with van der Waals surface area (Å²) in [6, 6.07) is 0. The molecule has 5 heteroatoms. The second kappa shape index (κ2) is 11.2. The van der Waals surface area contributed by atoms with Gasteiger partial charge in [-0.2, -0.15) is 0 Å². The molecule has 0 fully saturated rings. The van der Waals surface area contributed by atoms with Crippen molar-refractivity contribution in [3.63, 3.8) is 0 Å². The van der Waals surface area contributed by atoms with Crippen molar-refractivity contribution in [3.05, 3.63) is 0 Å². The van der Waals surface area contributed by atoms with Gasteiger partial charge in [-0.05, 0) is 13.8 Å². The summed E-state index contributed by atoms with van der Waals surface area (Å²) in [7, 11) is 0. The predicted molar refractivity (Wildman–Crippen MR) is 36.1 cm³/mol. The molecule has 0 atom stereocenters. The first-order valence-corrected chi connectivity index (χ1v) is 2.63. The first-order valence-electron chi connectivity index (χ1n) is 1.82. The third-order valence-corrected chi connectivity index (χ3v) is 0. The van der Waals surface area contributed by atoms with Crippen LogP contribution in [0.4, 0.5) is 0 Å². The van der Waals surface area contributed by atoms with Crippen molar-refractivity contribution in [1.29, 1.82) is 0 Å². The molecule has 0 spiro atoms. The number of carbonyl (C=O) groups excluding carboxylic acids is 2. The van der Waals surface area contributed by atoms with Crippen LogP contribution in [0.2, 0.25) is 0 Å². The van der Waals surface area contributed by atoms with Gasteiger partial charge < -0.3 is 34.8 Å². The molecule has 2 nitrogen and oxygen atoms in total. The van der Waals surface area contributed by atoms with Crippen LogP contribution in [-0.2, 0) is 54.3 Å². The molecule has 0 aliphatic heterocycles. The van der Waals surface area contributed by atoms with Gasteiger partial charge in [0, 0.05) is 10.2 Å². The van der Waals surface area contributed by atoms with Crippen LogP contribution in [0, 0.1) is 0 Å². The van der Waals surface area contributed by atoms with Crippen LogP contribution in [0.1, 0.15) is 13.8 Å². The molecule has 9 heavy (non-hydrogen) atoms. The van der Waals surface area contributed by atoms with E-state index >= 15 is 0 Å². The molecule has 0 aromatic carbocycles. The predicted octanol–water partition coefficient (Wildman–Crippen LogP) is 0.157. The Morgan fingerprint density at radius 2 is 1.00 bits per heavy atom. The first-order chi connectivity index (χ1) is 3.46. The van der Waals surface area contributed by atoms with E-state index in [-0.39, 0.29) is 29.7 Å². The molecule has 0 rings (SSSR count). The molecular weight excluding hydrogens is 210 g/mol. The van der Waals surface area contributed by atoms with E-state index in [1.54, 1.807) is 0 Å². The molecule has 0 aromatic rings. The minimum atomic E-state index is -0.250. The fraction of sp³-hybridized carbons (Fsp3) is 0.500. The van der Waals surface area contributed by atoms with Gasteiger partial charge in [0.15, 0.2) is 0 Å². The normalized spacial score (nSPS) is 5.56. The summed E-state index contributed by atoms with van der Waals surface area (Å²) in [5.74, 6) is 0. The zero-order valence-electron chi connectivity index (χ0n) is 5.34. The van der Waals surface area contributed by atoms with Gasteiger partial charge in [-0.15, -0.1) is 0 Å². The minimum Gasteiger partial charge on any atom is -0.742 e. The van der Waals surface area contributed by atoms with E-state index in [4.69, 9.17) is 0 Å². The Kier molecular flexibility index (Phi) is 20.2. The van der Waals surface area contributed by atoms with Crippen LogP contribution in [-0.4, -0.2) is 10.2 Å². The zero-order chi connectivity index (χ0) is 7.15. The van der Waals surface area contributed by atoms with Gasteiger partial charge in [0.1, 0.15) is 0 Å². The van der Waals surface area contributed by atoms with Gasteiger partial charge in [-0.3, -0.25) is 0 Å². The number of hydrogen-bond acceptors (Lipinski definition) is 4. The van der Waals surface area contributed by atoms with E-state index in [2.05, 4.69) is 25.3 Å². The third kappa shape index (κ3) is 2120. The second-order valence-corrected chi connectivity index (χ2v) is 2.13. The Morgan fingerprint density at radius 3 is 1.00 bits per heavy atom. The fourth-order valence-corrected chi connectivity index (χ4v) is 0. The van der Waals surface area contributed by atoms with Crippen LogP contribution < -0.4 is 0 Å². The second-order valence-electron chi connectivity index (χ2n) is 0.983. The van der Waals surface area contributed by atoms with Gasteiger partial charge in [0.25, 0.3) is 0 Å². The minimum absolute atomic E-state index is 0. The largest absolute Gasteiger partial charge is 2.00 e. The summed E-state index contributed by atoms with van der Waals surface area (Å²) in [6.45, 7) is 2.69. The summed E-state index contributed by atoms with van der Waals surface area (Å²) >= 11 is 7.96. The smallest absolute Gasteiger partial charge is 0.742 e. The SMILES string of the molecule is CC(=O)[S-].CC(=O)[S-].[Zn+2]. The molecule has 0 aliphatic rings. The van der Waals surface area contributed by atoms with E-state index in [1.807, 2.05) is 0 Å². The average Bonchev–Trinajstić information content (AvgIpc) is 1.25. The molecule has 0 amide bonds. The van der Waals surface area contributed by atoms with E-state index in [0.29, 0.717) is 0 Å². The van der Waals surface area contributed by atoms with Gasteiger partial charge in [0.2, 0.25) is 0 Å². The van der Waals surface area contributed by atoms with Crippen molar-refractivity contribution >= 4 is 35.5 Å². The van der Waals surface area contributed by atoms with Crippen molar-refractivity contribution in [2.24, 2.45) is 0 Å². The molecule has 0 saturated carbocycles. The zero-order valence-corrected chi connectivity index (χ0v) is 9.94. The Hall–Kier alpha value is 0.403. The van der Waals surface area contributed by atoms with E-state index in [0.717, 1.165) is 0 Å². The quantitative estimate of drug-likeness (QED) is 0.426. The summed E-state index contributed by atoms with van der Waals surface area (Å²) in [5, 5.41) is -0.500. The van der Waals surface area contributed by atoms with E-state index in [9.17, 15) is 9.59 Å². The maximum absolute atomic E-state index is 9.26. The van der Waals surface area contributed by atoms with Gasteiger partial charge in [-0.25, -0.2) is 0 Å². The van der Waals surface area contributed by atoms with Crippen molar-refractivity contribution < 1.29 is 29.1 Å². The van der Waals surface area contributed by atoms with Crippen molar-refractivity contribution in [2.45, 2.75) is 13.8 Å². The van der Waals surface area contributed by atoms with Crippen molar-refractivity contribution in [3.8, 4) is 0 Å².